The highest BCUT2D eigenvalue weighted by molar-refractivity contribution is 7.99. The van der Waals surface area contributed by atoms with E-state index in [0.29, 0.717) is 11.7 Å². The van der Waals surface area contributed by atoms with Gasteiger partial charge in [-0.15, -0.1) is 23.4 Å². The van der Waals surface area contributed by atoms with Crippen molar-refractivity contribution in [3.8, 4) is 0 Å². The van der Waals surface area contributed by atoms with Crippen LogP contribution in [0, 0.1) is 0 Å². The van der Waals surface area contributed by atoms with Crippen LogP contribution in [-0.2, 0) is 0 Å². The topological polar surface area (TPSA) is 38.9 Å². The Kier molecular flexibility index (Phi) is 3.31. The van der Waals surface area contributed by atoms with Crippen molar-refractivity contribution in [1.29, 1.82) is 0 Å². The predicted octanol–water partition coefficient (Wildman–Crippen LogP) is 4.00. The summed E-state index contributed by atoms with van der Waals surface area (Å²) < 4.78 is 5.37. The summed E-state index contributed by atoms with van der Waals surface area (Å²) in [5.41, 5.74) is 1.28. The Morgan fingerprint density at radius 1 is 1.50 bits per heavy atom. The van der Waals surface area contributed by atoms with Crippen LogP contribution in [0.2, 0.25) is 0 Å². The molecule has 18 heavy (non-hydrogen) atoms. The number of nitrogens with zero attached hydrogens (tertiary/aromatic N) is 2. The van der Waals surface area contributed by atoms with E-state index in [1.54, 1.807) is 0 Å². The molecule has 0 bridgehead atoms. The van der Waals surface area contributed by atoms with Crippen molar-refractivity contribution in [1.82, 2.24) is 10.1 Å². The molecular weight excluding hydrogens is 268 g/mol. The second-order valence-corrected chi connectivity index (χ2v) is 5.86. The number of aromatic nitrogens is 2. The third kappa shape index (κ3) is 2.04. The van der Waals surface area contributed by atoms with Gasteiger partial charge in [0.05, 0.1) is 11.3 Å². The predicted molar refractivity (Wildman–Crippen MR) is 72.2 cm³/mol. The first kappa shape index (κ1) is 12.1. The second-order valence-electron chi connectivity index (χ2n) is 4.27. The van der Waals surface area contributed by atoms with Crippen LogP contribution in [0.25, 0.3) is 0 Å². The fraction of sp³-hybridized carbons (Fsp3) is 0.385. The lowest BCUT2D eigenvalue weighted by atomic mass is 10.0. The molecule has 0 amide bonds. The molecule has 2 aromatic rings. The van der Waals surface area contributed by atoms with E-state index in [1.807, 2.05) is 24.8 Å². The Labute approximate surface area is 115 Å². The Hall–Kier alpha value is -1.00. The molecule has 5 heteroatoms. The maximum Gasteiger partial charge on any atom is 0.235 e. The SMILES string of the molecule is CCC(Cl)c1noc(C2CSc3ccccc32)n1. The number of hydrogen-bond donors (Lipinski definition) is 0. The van der Waals surface area contributed by atoms with Crippen LogP contribution >= 0.6 is 23.4 Å². The first-order valence-corrected chi connectivity index (χ1v) is 7.41. The monoisotopic (exact) mass is 280 g/mol. The first-order chi connectivity index (χ1) is 8.79. The van der Waals surface area contributed by atoms with Gasteiger partial charge in [-0.1, -0.05) is 30.3 Å². The van der Waals surface area contributed by atoms with Gasteiger partial charge in [-0.3, -0.25) is 0 Å². The molecule has 2 unspecified atom stereocenters. The summed E-state index contributed by atoms with van der Waals surface area (Å²) in [5.74, 6) is 2.44. The molecule has 0 fully saturated rings. The van der Waals surface area contributed by atoms with Crippen molar-refractivity contribution < 1.29 is 4.52 Å². The third-order valence-corrected chi connectivity index (χ3v) is 4.78. The average Bonchev–Trinajstić information content (AvgIpc) is 3.03. The van der Waals surface area contributed by atoms with Crippen LogP contribution < -0.4 is 0 Å². The third-order valence-electron chi connectivity index (χ3n) is 3.09. The van der Waals surface area contributed by atoms with Gasteiger partial charge in [0.15, 0.2) is 5.82 Å². The van der Waals surface area contributed by atoms with Crippen LogP contribution in [0.4, 0.5) is 0 Å². The van der Waals surface area contributed by atoms with Crippen molar-refractivity contribution in [2.45, 2.75) is 29.5 Å². The van der Waals surface area contributed by atoms with Crippen molar-refractivity contribution in [2.75, 3.05) is 5.75 Å². The lowest BCUT2D eigenvalue weighted by molar-refractivity contribution is 0.366. The fourth-order valence-electron chi connectivity index (χ4n) is 2.07. The number of halogens is 1. The van der Waals surface area contributed by atoms with Crippen molar-refractivity contribution >= 4 is 23.4 Å². The van der Waals surface area contributed by atoms with Gasteiger partial charge in [-0.05, 0) is 18.1 Å². The van der Waals surface area contributed by atoms with E-state index < -0.39 is 0 Å². The molecule has 0 radical (unpaired) electrons. The van der Waals surface area contributed by atoms with Crippen LogP contribution in [0.1, 0.15) is 41.9 Å². The number of rotatable bonds is 3. The number of hydrogen-bond acceptors (Lipinski definition) is 4. The molecule has 1 aromatic heterocycles. The molecule has 1 aromatic carbocycles. The minimum Gasteiger partial charge on any atom is -0.339 e. The number of benzene rings is 1. The number of fused-ring (bicyclic) bond motifs is 1. The smallest absolute Gasteiger partial charge is 0.235 e. The largest absolute Gasteiger partial charge is 0.339 e. The molecule has 3 nitrogen and oxygen atoms in total. The molecule has 2 heterocycles. The Bertz CT molecular complexity index is 557. The van der Waals surface area contributed by atoms with Crippen molar-refractivity contribution in [2.24, 2.45) is 0 Å². The zero-order valence-electron chi connectivity index (χ0n) is 9.97. The summed E-state index contributed by atoms with van der Waals surface area (Å²) in [6.45, 7) is 2.01. The Balaban J connectivity index is 1.91. The summed E-state index contributed by atoms with van der Waals surface area (Å²) in [6.07, 6.45) is 0.802. The lowest BCUT2D eigenvalue weighted by Crippen LogP contribution is -2.00. The fourth-order valence-corrected chi connectivity index (χ4v) is 3.37. The molecule has 0 N–H and O–H groups in total. The van der Waals surface area contributed by atoms with E-state index in [-0.39, 0.29) is 11.3 Å². The van der Waals surface area contributed by atoms with Gasteiger partial charge in [0, 0.05) is 10.6 Å². The van der Waals surface area contributed by atoms with E-state index >= 15 is 0 Å². The standard InChI is InChI=1S/C13H13ClN2OS/c1-2-10(14)12-15-13(17-16-12)9-7-18-11-6-4-3-5-8(9)11/h3-6,9-10H,2,7H2,1H3. The van der Waals surface area contributed by atoms with E-state index in [0.717, 1.165) is 12.2 Å². The summed E-state index contributed by atoms with van der Waals surface area (Å²) in [7, 11) is 0. The second kappa shape index (κ2) is 4.94. The van der Waals surface area contributed by atoms with Crippen molar-refractivity contribution in [3.63, 3.8) is 0 Å². The molecule has 1 aliphatic rings. The average molecular weight is 281 g/mol. The number of thioether (sulfide) groups is 1. The molecule has 1 aliphatic heterocycles. The molecule has 3 rings (SSSR count). The van der Waals surface area contributed by atoms with Gasteiger partial charge in [0.25, 0.3) is 0 Å². The van der Waals surface area contributed by atoms with Gasteiger partial charge < -0.3 is 4.52 Å². The molecular formula is C13H13ClN2OS. The van der Waals surface area contributed by atoms with Gasteiger partial charge in [-0.25, -0.2) is 0 Å². The minimum absolute atomic E-state index is 0.160. The van der Waals surface area contributed by atoms with Crippen LogP contribution in [0.15, 0.2) is 33.7 Å². The summed E-state index contributed by atoms with van der Waals surface area (Å²) in [4.78, 5) is 5.74. The summed E-state index contributed by atoms with van der Waals surface area (Å²) in [6, 6.07) is 8.36. The zero-order chi connectivity index (χ0) is 12.5. The maximum atomic E-state index is 6.12. The zero-order valence-corrected chi connectivity index (χ0v) is 11.5. The van der Waals surface area contributed by atoms with Crippen LogP contribution in [0.3, 0.4) is 0 Å². The van der Waals surface area contributed by atoms with E-state index in [1.165, 1.54) is 10.5 Å². The highest BCUT2D eigenvalue weighted by Gasteiger charge is 2.29. The van der Waals surface area contributed by atoms with Crippen molar-refractivity contribution in [3.05, 3.63) is 41.5 Å². The van der Waals surface area contributed by atoms with E-state index in [9.17, 15) is 0 Å². The molecule has 94 valence electrons. The van der Waals surface area contributed by atoms with E-state index in [2.05, 4.69) is 28.3 Å². The maximum absolute atomic E-state index is 6.12. The highest BCUT2D eigenvalue weighted by Crippen LogP contribution is 2.42. The summed E-state index contributed by atoms with van der Waals surface area (Å²) in [5, 5.41) is 3.82. The normalized spacial score (nSPS) is 19.8. The highest BCUT2D eigenvalue weighted by atomic mass is 35.5. The van der Waals surface area contributed by atoms with Crippen LogP contribution in [-0.4, -0.2) is 15.9 Å². The molecule has 0 spiro atoms. The lowest BCUT2D eigenvalue weighted by Gasteiger charge is -2.04. The minimum atomic E-state index is -0.160. The van der Waals surface area contributed by atoms with Gasteiger partial charge in [-0.2, -0.15) is 4.98 Å². The molecule has 0 saturated heterocycles. The van der Waals surface area contributed by atoms with Gasteiger partial charge in [0.1, 0.15) is 0 Å². The summed E-state index contributed by atoms with van der Waals surface area (Å²) >= 11 is 7.95. The Morgan fingerprint density at radius 3 is 3.17 bits per heavy atom. The Morgan fingerprint density at radius 2 is 2.33 bits per heavy atom. The first-order valence-electron chi connectivity index (χ1n) is 5.99. The van der Waals surface area contributed by atoms with E-state index in [4.69, 9.17) is 16.1 Å². The van der Waals surface area contributed by atoms with Crippen LogP contribution in [0.5, 0.6) is 0 Å². The molecule has 2 atom stereocenters. The quantitative estimate of drug-likeness (QED) is 0.797. The molecule has 0 saturated carbocycles. The van der Waals surface area contributed by atoms with Gasteiger partial charge >= 0.3 is 0 Å². The number of alkyl halides is 1. The molecule has 0 aliphatic carbocycles. The van der Waals surface area contributed by atoms with Gasteiger partial charge in [0.2, 0.25) is 5.89 Å².